The summed E-state index contributed by atoms with van der Waals surface area (Å²) in [5.74, 6) is -3.90. The molecule has 43 heavy (non-hydrogen) atoms. The minimum absolute atomic E-state index is 0.00175. The van der Waals surface area contributed by atoms with Crippen LogP contribution in [-0.2, 0) is 4.74 Å². The van der Waals surface area contributed by atoms with Crippen molar-refractivity contribution in [2.24, 2.45) is 0 Å². The Morgan fingerprint density at radius 1 is 1.02 bits per heavy atom. The number of aromatic hydroxyl groups is 1. The predicted molar refractivity (Wildman–Crippen MR) is 150 cm³/mol. The molecule has 1 aliphatic carbocycles. The van der Waals surface area contributed by atoms with Gasteiger partial charge in [0.15, 0.2) is 11.9 Å². The first-order valence-corrected chi connectivity index (χ1v) is 13.8. The van der Waals surface area contributed by atoms with E-state index in [0.29, 0.717) is 16.3 Å². The monoisotopic (exact) mass is 588 g/mol. The van der Waals surface area contributed by atoms with Crippen LogP contribution in [0.2, 0.25) is 0 Å². The van der Waals surface area contributed by atoms with Gasteiger partial charge >= 0.3 is 0 Å². The SMILES string of the molecule is Cc1cc(O)c2c(c1)C(=O)c1c(c3cc4c(nccc14)NC[C@@H](O)C/C=C1\C=C[C@@]4(O3)O[C@]1(CO)[C@@H](O)[C@H](O)[C@H]4O)C2=O. The van der Waals surface area contributed by atoms with Crippen molar-refractivity contribution < 1.29 is 49.7 Å². The van der Waals surface area contributed by atoms with E-state index in [1.54, 1.807) is 19.1 Å². The molecule has 0 saturated carbocycles. The van der Waals surface area contributed by atoms with E-state index in [2.05, 4.69) is 10.3 Å². The quantitative estimate of drug-likeness (QED) is 0.164. The molecule has 3 aromatic rings. The third-order valence-electron chi connectivity index (χ3n) is 8.70. The number of phenolic OH excluding ortho intramolecular Hbond substituents is 1. The highest BCUT2D eigenvalue weighted by atomic mass is 16.7. The molecule has 1 saturated heterocycles. The molecule has 1 aromatic heterocycles. The molecule has 12 nitrogen and oxygen atoms in total. The van der Waals surface area contributed by atoms with Gasteiger partial charge in [0.1, 0.15) is 35.1 Å². The summed E-state index contributed by atoms with van der Waals surface area (Å²) in [6, 6.07) is 5.86. The second-order valence-electron chi connectivity index (χ2n) is 11.4. The molecule has 2 aromatic carbocycles. The van der Waals surface area contributed by atoms with Gasteiger partial charge in [0.05, 0.1) is 23.8 Å². The molecule has 5 heterocycles. The van der Waals surface area contributed by atoms with Crippen molar-refractivity contribution in [3.63, 3.8) is 0 Å². The minimum Gasteiger partial charge on any atom is -0.507 e. The van der Waals surface area contributed by atoms with Gasteiger partial charge in [-0.2, -0.15) is 0 Å². The van der Waals surface area contributed by atoms with E-state index in [0.717, 1.165) is 0 Å². The molecule has 8 rings (SSSR count). The number of aryl methyl sites for hydroxylation is 1. The smallest absolute Gasteiger partial charge is 0.260 e. The summed E-state index contributed by atoms with van der Waals surface area (Å²) >= 11 is 0. The predicted octanol–water partition coefficient (Wildman–Crippen LogP) is 0.616. The van der Waals surface area contributed by atoms with Gasteiger partial charge < -0.3 is 45.4 Å². The number of hydrogen-bond acceptors (Lipinski definition) is 12. The highest BCUT2D eigenvalue weighted by Gasteiger charge is 2.64. The highest BCUT2D eigenvalue weighted by molar-refractivity contribution is 6.34. The van der Waals surface area contributed by atoms with E-state index in [-0.39, 0.29) is 52.4 Å². The zero-order valence-electron chi connectivity index (χ0n) is 22.8. The molecule has 12 heteroatoms. The number of ketones is 2. The van der Waals surface area contributed by atoms with Gasteiger partial charge in [-0.3, -0.25) is 9.59 Å². The van der Waals surface area contributed by atoms with Crippen molar-refractivity contribution in [3.8, 4) is 11.5 Å². The molecule has 6 atom stereocenters. The van der Waals surface area contributed by atoms with Gasteiger partial charge in [0.2, 0.25) is 5.78 Å². The van der Waals surface area contributed by atoms with Gasteiger partial charge in [0.25, 0.3) is 5.79 Å². The molecule has 7 N–H and O–H groups in total. The number of aliphatic hydroxyl groups is 5. The Kier molecular flexibility index (Phi) is 6.05. The number of phenols is 1. The summed E-state index contributed by atoms with van der Waals surface area (Å²) < 4.78 is 12.5. The van der Waals surface area contributed by atoms with E-state index < -0.39 is 59.7 Å². The molecule has 1 fully saturated rings. The van der Waals surface area contributed by atoms with Crippen LogP contribution in [0.1, 0.15) is 43.8 Å². The number of benzene rings is 2. The number of aromatic nitrogens is 1. The average molecular weight is 589 g/mol. The number of nitrogens with one attached hydrogen (secondary N) is 1. The molecular formula is C31H28N2O10. The topological polar surface area (TPSA) is 199 Å². The van der Waals surface area contributed by atoms with Crippen molar-refractivity contribution in [2.75, 3.05) is 18.5 Å². The number of ether oxygens (including phenoxy) is 2. The van der Waals surface area contributed by atoms with Crippen LogP contribution in [0.3, 0.4) is 0 Å². The van der Waals surface area contributed by atoms with Crippen molar-refractivity contribution in [2.45, 2.75) is 49.1 Å². The summed E-state index contributed by atoms with van der Waals surface area (Å²) in [6.45, 7) is 0.852. The fourth-order valence-corrected chi connectivity index (χ4v) is 6.53. The summed E-state index contributed by atoms with van der Waals surface area (Å²) in [5, 5.41) is 69.1. The molecular weight excluding hydrogens is 560 g/mol. The number of pyridine rings is 1. The van der Waals surface area contributed by atoms with Crippen LogP contribution in [0.4, 0.5) is 5.82 Å². The molecule has 5 aliphatic rings. The number of carbonyl (C=O) groups excluding carboxylic acids is 2. The first-order valence-electron chi connectivity index (χ1n) is 13.8. The summed E-state index contributed by atoms with van der Waals surface area (Å²) in [4.78, 5) is 32.6. The maximum atomic E-state index is 14.1. The van der Waals surface area contributed by atoms with Gasteiger partial charge in [-0.25, -0.2) is 4.98 Å². The molecule has 4 aliphatic heterocycles. The van der Waals surface area contributed by atoms with Gasteiger partial charge in [-0.15, -0.1) is 0 Å². The molecule has 0 unspecified atom stereocenters. The molecule has 0 radical (unpaired) electrons. The zero-order valence-corrected chi connectivity index (χ0v) is 22.8. The fraction of sp³-hybridized carbons (Fsp3) is 0.323. The lowest BCUT2D eigenvalue weighted by Crippen LogP contribution is -2.73. The maximum Gasteiger partial charge on any atom is 0.260 e. The lowest BCUT2D eigenvalue weighted by atomic mass is 9.75. The third-order valence-corrected chi connectivity index (χ3v) is 8.70. The van der Waals surface area contributed by atoms with Crippen LogP contribution in [0.5, 0.6) is 11.5 Å². The highest BCUT2D eigenvalue weighted by Crippen LogP contribution is 2.49. The van der Waals surface area contributed by atoms with Crippen LogP contribution in [0.25, 0.3) is 10.8 Å². The molecule has 5 bridgehead atoms. The van der Waals surface area contributed by atoms with E-state index in [4.69, 9.17) is 9.47 Å². The minimum atomic E-state index is -2.25. The Labute approximate surface area is 244 Å². The Morgan fingerprint density at radius 3 is 2.58 bits per heavy atom. The summed E-state index contributed by atoms with van der Waals surface area (Å²) in [6.07, 6.45) is -0.810. The Morgan fingerprint density at radius 2 is 1.81 bits per heavy atom. The van der Waals surface area contributed by atoms with Crippen LogP contribution >= 0.6 is 0 Å². The fourth-order valence-electron chi connectivity index (χ4n) is 6.53. The van der Waals surface area contributed by atoms with Gasteiger partial charge in [0, 0.05) is 29.3 Å². The Balaban J connectivity index is 1.55. The van der Waals surface area contributed by atoms with Crippen LogP contribution in [0, 0.1) is 6.92 Å². The van der Waals surface area contributed by atoms with E-state index in [1.807, 2.05) is 0 Å². The third kappa shape index (κ3) is 3.75. The number of anilines is 1. The van der Waals surface area contributed by atoms with Crippen LogP contribution in [-0.4, -0.2) is 96.1 Å². The van der Waals surface area contributed by atoms with Gasteiger partial charge in [-0.05, 0) is 60.2 Å². The average Bonchev–Trinajstić information content (AvgIpc) is 2.99. The first kappa shape index (κ1) is 27.7. The summed E-state index contributed by atoms with van der Waals surface area (Å²) in [7, 11) is 0. The van der Waals surface area contributed by atoms with E-state index in [9.17, 15) is 40.2 Å². The molecule has 0 amide bonds. The maximum absolute atomic E-state index is 14.1. The van der Waals surface area contributed by atoms with E-state index in [1.165, 1.54) is 36.5 Å². The van der Waals surface area contributed by atoms with Crippen molar-refractivity contribution in [1.82, 2.24) is 4.98 Å². The summed E-state index contributed by atoms with van der Waals surface area (Å²) in [5.41, 5.74) is -1.66. The first-order chi connectivity index (χ1) is 20.5. The largest absolute Gasteiger partial charge is 0.507 e. The van der Waals surface area contributed by atoms with Crippen molar-refractivity contribution in [3.05, 3.63) is 82.1 Å². The molecule has 1 spiro atoms. The second-order valence-corrected chi connectivity index (χ2v) is 11.4. The van der Waals surface area contributed by atoms with Crippen molar-refractivity contribution in [1.29, 1.82) is 0 Å². The number of hydrogen-bond donors (Lipinski definition) is 7. The zero-order chi connectivity index (χ0) is 30.4. The van der Waals surface area contributed by atoms with Crippen LogP contribution < -0.4 is 10.1 Å². The standard InChI is InChI=1S/C31H28N2O10/c1-13-8-18-21(19(36)9-13)25(38)23-20-10-17-16(22(23)24(18)37)5-7-32-29(17)33-11-15(35)3-2-14-4-6-31(42-20)28(41)26(39)27(40)30(14,12-34)43-31/h2,4-10,15,26-28,34-36,39-41H,3,11-12H2,1H3,(H,32,33)/b14-2+/t15-,26-,27-,28+,30-,31+/m0/s1. The molecule has 222 valence electrons. The van der Waals surface area contributed by atoms with Gasteiger partial charge in [-0.1, -0.05) is 12.2 Å². The van der Waals surface area contributed by atoms with Crippen molar-refractivity contribution >= 4 is 28.2 Å². The number of nitrogens with zero attached hydrogens (tertiary/aromatic N) is 1. The second kappa shape index (κ2) is 9.41. The number of carbonyl (C=O) groups is 2. The normalized spacial score (nSPS) is 32.4. The van der Waals surface area contributed by atoms with Crippen LogP contribution in [0.15, 0.2) is 54.3 Å². The number of fused-ring (bicyclic) bond motifs is 7. The number of aliphatic hydroxyl groups excluding tert-OH is 5. The Hall–Kier alpha value is -4.17. The lowest BCUT2D eigenvalue weighted by molar-refractivity contribution is -0.346. The lowest BCUT2D eigenvalue weighted by Gasteiger charge is -2.55. The Bertz CT molecular complexity index is 1800. The van der Waals surface area contributed by atoms with E-state index >= 15 is 0 Å². The number of rotatable bonds is 1.